The van der Waals surface area contributed by atoms with Crippen LogP contribution in [0.5, 0.6) is 5.75 Å². The van der Waals surface area contributed by atoms with E-state index in [9.17, 15) is 9.59 Å². The van der Waals surface area contributed by atoms with E-state index in [1.807, 2.05) is 6.92 Å². The molecule has 0 aliphatic carbocycles. The Morgan fingerprint density at radius 3 is 2.52 bits per heavy atom. The van der Waals surface area contributed by atoms with Crippen LogP contribution in [0.2, 0.25) is 10.0 Å². The Morgan fingerprint density at radius 1 is 1.12 bits per heavy atom. The maximum absolute atomic E-state index is 11.8. The number of carbonyl (C=O) groups excluding carboxylic acids is 2. The van der Waals surface area contributed by atoms with E-state index in [0.29, 0.717) is 11.6 Å². The van der Waals surface area contributed by atoms with Crippen molar-refractivity contribution < 1.29 is 14.3 Å². The van der Waals surface area contributed by atoms with Crippen molar-refractivity contribution >= 4 is 46.9 Å². The first-order valence-electron chi connectivity index (χ1n) is 7.32. The second-order valence-electron chi connectivity index (χ2n) is 4.78. The molecule has 0 aliphatic heterocycles. The smallest absolute Gasteiger partial charge is 0.329 e. The molecule has 2 aromatic rings. The van der Waals surface area contributed by atoms with Gasteiger partial charge in [0.1, 0.15) is 5.75 Å². The zero-order chi connectivity index (χ0) is 18.2. The molecule has 0 aliphatic rings. The van der Waals surface area contributed by atoms with Crippen molar-refractivity contribution in [2.24, 2.45) is 5.10 Å². The molecule has 2 rings (SSSR count). The molecule has 0 fully saturated rings. The lowest BCUT2D eigenvalue weighted by molar-refractivity contribution is -0.136. The third kappa shape index (κ3) is 5.77. The van der Waals surface area contributed by atoms with Crippen LogP contribution in [0.25, 0.3) is 0 Å². The molecule has 0 saturated heterocycles. The standard InChI is InChI=1S/C17H15Cl2N3O3/c1-2-25-13-6-3-11(4-7-13)10-20-22-17(24)16(23)21-15-9-12(18)5-8-14(15)19/h3-10H,2H2,1H3,(H,21,23)(H,22,24)/b20-10+. The maximum Gasteiger partial charge on any atom is 0.329 e. The molecule has 8 heteroatoms. The molecule has 130 valence electrons. The molecule has 2 N–H and O–H groups in total. The van der Waals surface area contributed by atoms with Gasteiger partial charge in [-0.3, -0.25) is 9.59 Å². The van der Waals surface area contributed by atoms with E-state index in [1.54, 1.807) is 30.3 Å². The van der Waals surface area contributed by atoms with Crippen LogP contribution in [0, 0.1) is 0 Å². The number of hydrogen-bond donors (Lipinski definition) is 2. The first-order chi connectivity index (χ1) is 12.0. The maximum atomic E-state index is 11.8. The van der Waals surface area contributed by atoms with E-state index in [4.69, 9.17) is 27.9 Å². The molecular formula is C17H15Cl2N3O3. The fraction of sp³-hybridized carbons (Fsp3) is 0.118. The second kappa shape index (κ2) is 9.05. The predicted molar refractivity (Wildman–Crippen MR) is 98.4 cm³/mol. The molecular weight excluding hydrogens is 365 g/mol. The molecule has 0 heterocycles. The Bertz CT molecular complexity index is 792. The summed E-state index contributed by atoms with van der Waals surface area (Å²) in [6, 6.07) is 11.6. The summed E-state index contributed by atoms with van der Waals surface area (Å²) in [5.74, 6) is -1.10. The first kappa shape index (κ1) is 18.8. The molecule has 2 amide bonds. The Kier molecular flexibility index (Phi) is 6.80. The molecule has 6 nitrogen and oxygen atoms in total. The van der Waals surface area contributed by atoms with Crippen LogP contribution in [-0.2, 0) is 9.59 Å². The van der Waals surface area contributed by atoms with Gasteiger partial charge in [0, 0.05) is 5.02 Å². The molecule has 0 aromatic heterocycles. The van der Waals surface area contributed by atoms with Crippen LogP contribution < -0.4 is 15.5 Å². The van der Waals surface area contributed by atoms with Crippen LogP contribution >= 0.6 is 23.2 Å². The number of anilines is 1. The number of carbonyl (C=O) groups is 2. The van der Waals surface area contributed by atoms with Gasteiger partial charge in [-0.1, -0.05) is 23.2 Å². The summed E-state index contributed by atoms with van der Waals surface area (Å²) < 4.78 is 5.32. The van der Waals surface area contributed by atoms with Crippen molar-refractivity contribution in [2.45, 2.75) is 6.92 Å². The minimum atomic E-state index is -0.932. The lowest BCUT2D eigenvalue weighted by atomic mass is 10.2. The van der Waals surface area contributed by atoms with Gasteiger partial charge in [-0.2, -0.15) is 5.10 Å². The van der Waals surface area contributed by atoms with Gasteiger partial charge in [-0.25, -0.2) is 5.43 Å². The summed E-state index contributed by atoms with van der Waals surface area (Å²) in [6.45, 7) is 2.47. The van der Waals surface area contributed by atoms with E-state index in [0.717, 1.165) is 11.3 Å². The summed E-state index contributed by atoms with van der Waals surface area (Å²) >= 11 is 11.7. The van der Waals surface area contributed by atoms with Crippen molar-refractivity contribution in [2.75, 3.05) is 11.9 Å². The van der Waals surface area contributed by atoms with Gasteiger partial charge in [0.25, 0.3) is 0 Å². The number of benzene rings is 2. The SMILES string of the molecule is CCOc1ccc(/C=N/NC(=O)C(=O)Nc2cc(Cl)ccc2Cl)cc1. The summed E-state index contributed by atoms with van der Waals surface area (Å²) in [6.07, 6.45) is 1.41. The first-order valence-corrected chi connectivity index (χ1v) is 8.07. The van der Waals surface area contributed by atoms with E-state index in [-0.39, 0.29) is 10.7 Å². The highest BCUT2D eigenvalue weighted by Gasteiger charge is 2.14. The number of hydrogen-bond acceptors (Lipinski definition) is 4. The average molecular weight is 380 g/mol. The number of amides is 2. The van der Waals surface area contributed by atoms with Crippen LogP contribution in [0.4, 0.5) is 5.69 Å². The number of halogens is 2. The number of ether oxygens (including phenoxy) is 1. The largest absolute Gasteiger partial charge is 0.494 e. The van der Waals surface area contributed by atoms with E-state index >= 15 is 0 Å². The summed E-state index contributed by atoms with van der Waals surface area (Å²) in [7, 11) is 0. The third-order valence-electron chi connectivity index (χ3n) is 2.95. The van der Waals surface area contributed by atoms with Gasteiger partial charge in [0.15, 0.2) is 0 Å². The molecule has 0 bridgehead atoms. The van der Waals surface area contributed by atoms with Crippen molar-refractivity contribution in [3.63, 3.8) is 0 Å². The van der Waals surface area contributed by atoms with Gasteiger partial charge in [-0.15, -0.1) is 0 Å². The van der Waals surface area contributed by atoms with Gasteiger partial charge in [0.2, 0.25) is 0 Å². The van der Waals surface area contributed by atoms with Gasteiger partial charge >= 0.3 is 11.8 Å². The number of nitrogens with one attached hydrogen (secondary N) is 2. The molecule has 0 unspecified atom stereocenters. The Labute approximate surface area is 154 Å². The van der Waals surface area contributed by atoms with Crippen LogP contribution in [0.3, 0.4) is 0 Å². The van der Waals surface area contributed by atoms with Crippen molar-refractivity contribution in [1.82, 2.24) is 5.43 Å². The highest BCUT2D eigenvalue weighted by Crippen LogP contribution is 2.25. The number of rotatable bonds is 5. The lowest BCUT2D eigenvalue weighted by Crippen LogP contribution is -2.32. The molecule has 0 saturated carbocycles. The molecule has 2 aromatic carbocycles. The molecule has 25 heavy (non-hydrogen) atoms. The van der Waals surface area contributed by atoms with E-state index < -0.39 is 11.8 Å². The molecule has 0 atom stereocenters. The second-order valence-corrected chi connectivity index (χ2v) is 5.62. The van der Waals surface area contributed by atoms with E-state index in [2.05, 4.69) is 15.8 Å². The summed E-state index contributed by atoms with van der Waals surface area (Å²) in [4.78, 5) is 23.6. The normalized spacial score (nSPS) is 10.5. The van der Waals surface area contributed by atoms with E-state index in [1.165, 1.54) is 18.3 Å². The number of hydrazone groups is 1. The van der Waals surface area contributed by atoms with Crippen molar-refractivity contribution in [3.8, 4) is 5.75 Å². The average Bonchev–Trinajstić information content (AvgIpc) is 2.59. The molecule has 0 spiro atoms. The van der Waals surface area contributed by atoms with Crippen molar-refractivity contribution in [1.29, 1.82) is 0 Å². The van der Waals surface area contributed by atoms with Crippen molar-refractivity contribution in [3.05, 3.63) is 58.1 Å². The van der Waals surface area contributed by atoms with Crippen LogP contribution in [0.1, 0.15) is 12.5 Å². The van der Waals surface area contributed by atoms with Crippen LogP contribution in [-0.4, -0.2) is 24.6 Å². The van der Waals surface area contributed by atoms with Crippen LogP contribution in [0.15, 0.2) is 47.6 Å². The summed E-state index contributed by atoms with van der Waals surface area (Å²) in [5, 5.41) is 6.75. The lowest BCUT2D eigenvalue weighted by Gasteiger charge is -2.06. The molecule has 0 radical (unpaired) electrons. The highest BCUT2D eigenvalue weighted by molar-refractivity contribution is 6.42. The Morgan fingerprint density at radius 2 is 1.84 bits per heavy atom. The topological polar surface area (TPSA) is 79.8 Å². The fourth-order valence-electron chi connectivity index (χ4n) is 1.81. The third-order valence-corrected chi connectivity index (χ3v) is 3.52. The minimum Gasteiger partial charge on any atom is -0.494 e. The van der Waals surface area contributed by atoms with Gasteiger partial charge in [-0.05, 0) is 55.0 Å². The van der Waals surface area contributed by atoms with Gasteiger partial charge in [0.05, 0.1) is 23.5 Å². The minimum absolute atomic E-state index is 0.241. The Hall–Kier alpha value is -2.57. The number of nitrogens with zero attached hydrogens (tertiary/aromatic N) is 1. The fourth-order valence-corrected chi connectivity index (χ4v) is 2.14. The van der Waals surface area contributed by atoms with Gasteiger partial charge < -0.3 is 10.1 Å². The quantitative estimate of drug-likeness (QED) is 0.474. The predicted octanol–water partition coefficient (Wildman–Crippen LogP) is 3.48. The highest BCUT2D eigenvalue weighted by atomic mass is 35.5. The zero-order valence-corrected chi connectivity index (χ0v) is 14.8. The zero-order valence-electron chi connectivity index (χ0n) is 13.3. The Balaban J connectivity index is 1.90. The monoisotopic (exact) mass is 379 g/mol. The summed E-state index contributed by atoms with van der Waals surface area (Å²) in [5.41, 5.74) is 3.11.